The Labute approximate surface area is 125 Å². The van der Waals surface area contributed by atoms with Crippen LogP contribution in [0.2, 0.25) is 0 Å². The summed E-state index contributed by atoms with van der Waals surface area (Å²) in [7, 11) is 3.38. The predicted molar refractivity (Wildman–Crippen MR) is 81.9 cm³/mol. The van der Waals surface area contributed by atoms with E-state index in [2.05, 4.69) is 10.3 Å². The number of amides is 1. The van der Waals surface area contributed by atoms with Gasteiger partial charge in [0, 0.05) is 38.2 Å². The van der Waals surface area contributed by atoms with Crippen LogP contribution in [0.4, 0.5) is 5.82 Å². The molecule has 2 N–H and O–H groups in total. The van der Waals surface area contributed by atoms with Crippen molar-refractivity contribution in [1.82, 2.24) is 10.3 Å². The number of carboxylic acid groups (broad SMARTS) is 1. The summed E-state index contributed by atoms with van der Waals surface area (Å²) in [6.07, 6.45) is 0.330. The third-order valence-corrected chi connectivity index (χ3v) is 3.17. The predicted octanol–water partition coefficient (Wildman–Crippen LogP) is 1.65. The van der Waals surface area contributed by atoms with Gasteiger partial charge in [-0.05, 0) is 12.1 Å². The summed E-state index contributed by atoms with van der Waals surface area (Å²) in [5.41, 5.74) is 0.669. The molecule has 21 heavy (non-hydrogen) atoms. The van der Waals surface area contributed by atoms with E-state index in [0.29, 0.717) is 24.5 Å². The molecule has 6 heteroatoms. The van der Waals surface area contributed by atoms with Gasteiger partial charge in [-0.2, -0.15) is 0 Å². The highest BCUT2D eigenvalue weighted by Gasteiger charge is 2.20. The summed E-state index contributed by atoms with van der Waals surface area (Å²) in [5.74, 6) is -0.486. The Morgan fingerprint density at radius 1 is 1.33 bits per heavy atom. The van der Waals surface area contributed by atoms with Gasteiger partial charge in [0.1, 0.15) is 5.82 Å². The maximum atomic E-state index is 11.3. The molecule has 1 rings (SSSR count). The fourth-order valence-electron chi connectivity index (χ4n) is 1.73. The van der Waals surface area contributed by atoms with E-state index in [0.717, 1.165) is 0 Å². The number of carbonyl (C=O) groups excluding carboxylic acids is 1. The Bertz CT molecular complexity index is 535. The number of anilines is 1. The molecule has 0 unspecified atom stereocenters. The van der Waals surface area contributed by atoms with Gasteiger partial charge in [-0.1, -0.05) is 20.8 Å². The van der Waals surface area contributed by atoms with Crippen molar-refractivity contribution in [2.75, 3.05) is 25.5 Å². The van der Waals surface area contributed by atoms with Crippen LogP contribution in [0.1, 0.15) is 43.2 Å². The first-order valence-electron chi connectivity index (χ1n) is 6.82. The van der Waals surface area contributed by atoms with Crippen molar-refractivity contribution >= 4 is 17.7 Å². The standard InChI is InChI=1S/C15H23N3O3/c1-15(2,3)11-8-10(14(20)21)9-12(17-11)18(5)7-6-13(19)16-4/h8-9H,6-7H2,1-5H3,(H,16,19)(H,20,21). The monoisotopic (exact) mass is 293 g/mol. The molecule has 116 valence electrons. The first-order valence-corrected chi connectivity index (χ1v) is 6.82. The zero-order chi connectivity index (χ0) is 16.2. The molecule has 0 saturated carbocycles. The number of aromatic nitrogens is 1. The molecule has 0 fully saturated rings. The molecular weight excluding hydrogens is 270 g/mol. The van der Waals surface area contributed by atoms with Crippen LogP contribution in [0.3, 0.4) is 0 Å². The van der Waals surface area contributed by atoms with E-state index in [-0.39, 0.29) is 16.9 Å². The molecule has 1 amide bonds. The van der Waals surface area contributed by atoms with Crippen LogP contribution in [0.5, 0.6) is 0 Å². The third-order valence-electron chi connectivity index (χ3n) is 3.17. The van der Waals surface area contributed by atoms with Crippen molar-refractivity contribution in [1.29, 1.82) is 0 Å². The molecule has 0 spiro atoms. The highest BCUT2D eigenvalue weighted by Crippen LogP contribution is 2.24. The molecule has 0 aromatic carbocycles. The fraction of sp³-hybridized carbons (Fsp3) is 0.533. The average Bonchev–Trinajstić information content (AvgIpc) is 2.42. The summed E-state index contributed by atoms with van der Waals surface area (Å²) in [4.78, 5) is 28.9. The molecule has 0 radical (unpaired) electrons. The first kappa shape index (κ1) is 16.9. The number of carboxylic acids is 1. The number of pyridine rings is 1. The van der Waals surface area contributed by atoms with Gasteiger partial charge in [0.15, 0.2) is 0 Å². The van der Waals surface area contributed by atoms with Crippen molar-refractivity contribution in [3.8, 4) is 0 Å². The van der Waals surface area contributed by atoms with E-state index in [4.69, 9.17) is 0 Å². The summed E-state index contributed by atoms with van der Waals surface area (Å²) < 4.78 is 0. The lowest BCUT2D eigenvalue weighted by Gasteiger charge is -2.23. The highest BCUT2D eigenvalue weighted by molar-refractivity contribution is 5.88. The zero-order valence-corrected chi connectivity index (χ0v) is 13.2. The van der Waals surface area contributed by atoms with Gasteiger partial charge in [-0.3, -0.25) is 4.79 Å². The first-order chi connectivity index (χ1) is 9.65. The van der Waals surface area contributed by atoms with Gasteiger partial charge in [-0.25, -0.2) is 9.78 Å². The quantitative estimate of drug-likeness (QED) is 0.862. The SMILES string of the molecule is CNC(=O)CCN(C)c1cc(C(=O)O)cc(C(C)(C)C)n1. The van der Waals surface area contributed by atoms with Crippen molar-refractivity contribution in [2.45, 2.75) is 32.6 Å². The third kappa shape index (κ3) is 4.73. The Morgan fingerprint density at radius 3 is 2.43 bits per heavy atom. The molecule has 1 heterocycles. The fourth-order valence-corrected chi connectivity index (χ4v) is 1.73. The van der Waals surface area contributed by atoms with Crippen LogP contribution in [-0.4, -0.2) is 42.6 Å². The van der Waals surface area contributed by atoms with Gasteiger partial charge < -0.3 is 15.3 Å². The van der Waals surface area contributed by atoms with E-state index in [1.54, 1.807) is 25.1 Å². The number of aromatic carboxylic acids is 1. The second-order valence-electron chi connectivity index (χ2n) is 6.00. The minimum Gasteiger partial charge on any atom is -0.478 e. The summed E-state index contributed by atoms with van der Waals surface area (Å²) in [6.45, 7) is 6.42. The molecule has 1 aromatic rings. The molecule has 0 aliphatic heterocycles. The number of rotatable bonds is 5. The topological polar surface area (TPSA) is 82.5 Å². The van der Waals surface area contributed by atoms with Crippen LogP contribution in [0, 0.1) is 0 Å². The smallest absolute Gasteiger partial charge is 0.335 e. The number of hydrogen-bond donors (Lipinski definition) is 2. The Morgan fingerprint density at radius 2 is 1.95 bits per heavy atom. The van der Waals surface area contributed by atoms with Crippen LogP contribution in [0.25, 0.3) is 0 Å². The molecule has 0 aliphatic rings. The molecule has 0 saturated heterocycles. The molecule has 0 aliphatic carbocycles. The van der Waals surface area contributed by atoms with E-state index in [9.17, 15) is 14.7 Å². The van der Waals surface area contributed by atoms with E-state index in [1.807, 2.05) is 20.8 Å². The largest absolute Gasteiger partial charge is 0.478 e. The Hall–Kier alpha value is -2.11. The Balaban J connectivity index is 3.08. The second kappa shape index (κ2) is 6.56. The van der Waals surface area contributed by atoms with Gasteiger partial charge in [0.25, 0.3) is 0 Å². The normalized spacial score (nSPS) is 11.1. The van der Waals surface area contributed by atoms with Crippen LogP contribution in [-0.2, 0) is 10.2 Å². The zero-order valence-electron chi connectivity index (χ0n) is 13.2. The van der Waals surface area contributed by atoms with Gasteiger partial charge in [-0.15, -0.1) is 0 Å². The van der Waals surface area contributed by atoms with Crippen molar-refractivity contribution in [3.63, 3.8) is 0 Å². The molecule has 6 nitrogen and oxygen atoms in total. The molecular formula is C15H23N3O3. The minimum atomic E-state index is -0.983. The van der Waals surface area contributed by atoms with E-state index in [1.165, 1.54) is 6.07 Å². The van der Waals surface area contributed by atoms with E-state index >= 15 is 0 Å². The van der Waals surface area contributed by atoms with Crippen LogP contribution >= 0.6 is 0 Å². The number of nitrogens with one attached hydrogen (secondary N) is 1. The number of nitrogens with zero attached hydrogens (tertiary/aromatic N) is 2. The minimum absolute atomic E-state index is 0.0627. The lowest BCUT2D eigenvalue weighted by atomic mass is 9.90. The van der Waals surface area contributed by atoms with E-state index < -0.39 is 5.97 Å². The maximum Gasteiger partial charge on any atom is 0.335 e. The Kier molecular flexibility index (Phi) is 5.29. The van der Waals surface area contributed by atoms with Gasteiger partial charge >= 0.3 is 5.97 Å². The number of hydrogen-bond acceptors (Lipinski definition) is 4. The van der Waals surface area contributed by atoms with Gasteiger partial charge in [0.2, 0.25) is 5.91 Å². The lowest BCUT2D eigenvalue weighted by Crippen LogP contribution is -2.28. The highest BCUT2D eigenvalue weighted by atomic mass is 16.4. The average molecular weight is 293 g/mol. The van der Waals surface area contributed by atoms with Crippen LogP contribution < -0.4 is 10.2 Å². The van der Waals surface area contributed by atoms with Gasteiger partial charge in [0.05, 0.1) is 5.56 Å². The lowest BCUT2D eigenvalue weighted by molar-refractivity contribution is -0.120. The maximum absolute atomic E-state index is 11.3. The second-order valence-corrected chi connectivity index (χ2v) is 6.00. The number of carbonyl (C=O) groups is 2. The van der Waals surface area contributed by atoms with Crippen molar-refractivity contribution in [3.05, 3.63) is 23.4 Å². The summed E-state index contributed by atoms with van der Waals surface area (Å²) >= 11 is 0. The molecule has 0 bridgehead atoms. The van der Waals surface area contributed by atoms with Crippen LogP contribution in [0.15, 0.2) is 12.1 Å². The molecule has 0 atom stereocenters. The van der Waals surface area contributed by atoms with Crippen molar-refractivity contribution in [2.24, 2.45) is 0 Å². The summed E-state index contributed by atoms with van der Waals surface area (Å²) in [6, 6.07) is 3.12. The summed E-state index contributed by atoms with van der Waals surface area (Å²) in [5, 5.41) is 11.8. The molecule has 1 aromatic heterocycles. The van der Waals surface area contributed by atoms with Crippen molar-refractivity contribution < 1.29 is 14.7 Å².